The van der Waals surface area contributed by atoms with Gasteiger partial charge in [0.2, 0.25) is 5.91 Å². The zero-order chi connectivity index (χ0) is 19.7. The third kappa shape index (κ3) is 3.15. The van der Waals surface area contributed by atoms with Crippen molar-refractivity contribution in [3.63, 3.8) is 0 Å². The number of hydrogen-bond acceptors (Lipinski definition) is 4. The molecule has 5 heteroatoms. The van der Waals surface area contributed by atoms with E-state index in [0.29, 0.717) is 13.1 Å². The van der Waals surface area contributed by atoms with E-state index in [0.717, 1.165) is 18.4 Å². The molecule has 2 aliphatic rings. The number of likely N-dealkylation sites (N-methyl/N-ethyl adjacent to an activating group) is 1. The van der Waals surface area contributed by atoms with Gasteiger partial charge in [0.15, 0.2) is 0 Å². The molecule has 2 atom stereocenters. The van der Waals surface area contributed by atoms with Crippen LogP contribution in [0.4, 0.5) is 0 Å². The number of carbonyl (C=O) groups excluding carboxylic acids is 1. The van der Waals surface area contributed by atoms with Crippen molar-refractivity contribution in [2.45, 2.75) is 30.4 Å². The van der Waals surface area contributed by atoms with Crippen LogP contribution in [-0.4, -0.2) is 59.1 Å². The van der Waals surface area contributed by atoms with Crippen molar-refractivity contribution in [2.75, 3.05) is 27.2 Å². The molecule has 1 aliphatic carbocycles. The van der Waals surface area contributed by atoms with Crippen molar-refractivity contribution in [1.82, 2.24) is 14.8 Å². The molecule has 1 spiro atoms. The van der Waals surface area contributed by atoms with Crippen LogP contribution >= 0.6 is 0 Å². The Morgan fingerprint density at radius 1 is 1.18 bits per heavy atom. The molecule has 0 radical (unpaired) electrons. The second-order valence-corrected chi connectivity index (χ2v) is 8.04. The molecule has 146 valence electrons. The fourth-order valence-electron chi connectivity index (χ4n) is 4.84. The first-order valence-corrected chi connectivity index (χ1v) is 9.84. The average molecular weight is 377 g/mol. The lowest BCUT2D eigenvalue weighted by atomic mass is 9.72. The van der Waals surface area contributed by atoms with Gasteiger partial charge >= 0.3 is 0 Å². The topological polar surface area (TPSA) is 56.7 Å². The Morgan fingerprint density at radius 3 is 2.54 bits per heavy atom. The van der Waals surface area contributed by atoms with Gasteiger partial charge in [-0.1, -0.05) is 24.3 Å². The fourth-order valence-corrected chi connectivity index (χ4v) is 4.84. The number of aliphatic hydroxyl groups excluding tert-OH is 1. The Bertz CT molecular complexity index is 870. The van der Waals surface area contributed by atoms with Gasteiger partial charge < -0.3 is 14.9 Å². The lowest BCUT2D eigenvalue weighted by Crippen LogP contribution is -2.50. The predicted octanol–water partition coefficient (Wildman–Crippen LogP) is 2.63. The summed E-state index contributed by atoms with van der Waals surface area (Å²) in [4.78, 5) is 20.6. The monoisotopic (exact) mass is 377 g/mol. The van der Waals surface area contributed by atoms with Gasteiger partial charge in [-0.3, -0.25) is 9.78 Å². The van der Waals surface area contributed by atoms with E-state index in [-0.39, 0.29) is 17.4 Å². The second kappa shape index (κ2) is 7.49. The van der Waals surface area contributed by atoms with Crippen LogP contribution in [0.25, 0.3) is 6.08 Å². The van der Waals surface area contributed by atoms with Gasteiger partial charge in [-0.05, 0) is 61.8 Å². The minimum Gasteiger partial charge on any atom is -0.390 e. The van der Waals surface area contributed by atoms with Crippen molar-refractivity contribution in [1.29, 1.82) is 0 Å². The number of aromatic nitrogens is 1. The van der Waals surface area contributed by atoms with Crippen LogP contribution in [0.3, 0.4) is 0 Å². The van der Waals surface area contributed by atoms with Crippen molar-refractivity contribution >= 4 is 12.0 Å². The third-order valence-corrected chi connectivity index (χ3v) is 6.33. The van der Waals surface area contributed by atoms with Gasteiger partial charge in [-0.2, -0.15) is 0 Å². The van der Waals surface area contributed by atoms with E-state index in [4.69, 9.17) is 0 Å². The molecule has 5 nitrogen and oxygen atoms in total. The Kier molecular flexibility index (Phi) is 5.04. The van der Waals surface area contributed by atoms with Crippen molar-refractivity contribution in [2.24, 2.45) is 0 Å². The summed E-state index contributed by atoms with van der Waals surface area (Å²) in [6.45, 7) is 1.32. The highest BCUT2D eigenvalue weighted by Crippen LogP contribution is 2.52. The molecule has 1 N–H and O–H groups in total. The first kappa shape index (κ1) is 18.8. The molecular weight excluding hydrogens is 350 g/mol. The molecule has 0 saturated carbocycles. The number of hydrogen-bond donors (Lipinski definition) is 1. The summed E-state index contributed by atoms with van der Waals surface area (Å²) in [5, 5.41) is 11.3. The highest BCUT2D eigenvalue weighted by atomic mass is 16.3. The van der Waals surface area contributed by atoms with E-state index in [9.17, 15) is 9.90 Å². The largest absolute Gasteiger partial charge is 0.390 e. The normalized spacial score (nSPS) is 23.5. The van der Waals surface area contributed by atoms with Gasteiger partial charge in [0.1, 0.15) is 0 Å². The molecule has 4 rings (SSSR count). The average Bonchev–Trinajstić information content (AvgIpc) is 2.96. The maximum Gasteiger partial charge on any atom is 0.246 e. The van der Waals surface area contributed by atoms with Crippen LogP contribution in [-0.2, 0) is 10.2 Å². The van der Waals surface area contributed by atoms with Crippen molar-refractivity contribution in [3.05, 3.63) is 71.6 Å². The molecule has 1 fully saturated rings. The molecule has 2 aromatic rings. The number of benzene rings is 1. The summed E-state index contributed by atoms with van der Waals surface area (Å²) >= 11 is 0. The number of amides is 1. The van der Waals surface area contributed by atoms with E-state index in [1.807, 2.05) is 43.3 Å². The van der Waals surface area contributed by atoms with E-state index in [1.54, 1.807) is 18.5 Å². The summed E-state index contributed by atoms with van der Waals surface area (Å²) in [5.41, 5.74) is 3.17. The van der Waals surface area contributed by atoms with Crippen LogP contribution in [0, 0.1) is 0 Å². The number of nitrogens with zero attached hydrogens (tertiary/aromatic N) is 3. The molecule has 1 aliphatic heterocycles. The van der Waals surface area contributed by atoms with Gasteiger partial charge in [0.05, 0.1) is 12.1 Å². The maximum absolute atomic E-state index is 12.6. The maximum atomic E-state index is 12.6. The molecule has 28 heavy (non-hydrogen) atoms. The second-order valence-electron chi connectivity index (χ2n) is 8.04. The van der Waals surface area contributed by atoms with E-state index >= 15 is 0 Å². The Hall–Kier alpha value is -2.50. The Labute approximate surface area is 166 Å². The van der Waals surface area contributed by atoms with Crippen LogP contribution in [0.5, 0.6) is 0 Å². The summed E-state index contributed by atoms with van der Waals surface area (Å²) in [5.74, 6) is 0.0246. The number of aliphatic hydroxyl groups is 1. The molecule has 0 unspecified atom stereocenters. The number of fused-ring (bicyclic) bond motifs is 2. The number of pyridine rings is 1. The first-order chi connectivity index (χ1) is 13.5. The van der Waals surface area contributed by atoms with Crippen molar-refractivity contribution < 1.29 is 9.90 Å². The molecule has 1 aromatic heterocycles. The number of carbonyl (C=O) groups is 1. The highest BCUT2D eigenvalue weighted by Gasteiger charge is 2.53. The minimum absolute atomic E-state index is 0.00466. The van der Waals surface area contributed by atoms with Gasteiger partial charge in [-0.25, -0.2) is 0 Å². The van der Waals surface area contributed by atoms with Gasteiger partial charge in [0.25, 0.3) is 0 Å². The van der Waals surface area contributed by atoms with E-state index in [1.165, 1.54) is 11.1 Å². The lowest BCUT2D eigenvalue weighted by Gasteiger charge is -2.43. The summed E-state index contributed by atoms with van der Waals surface area (Å²) in [6.07, 6.45) is 8.01. The Morgan fingerprint density at radius 2 is 1.86 bits per heavy atom. The van der Waals surface area contributed by atoms with Gasteiger partial charge in [0, 0.05) is 37.0 Å². The highest BCUT2D eigenvalue weighted by molar-refractivity contribution is 5.91. The molecule has 1 aromatic carbocycles. The fraction of sp³-hybridized carbons (Fsp3) is 0.391. The summed E-state index contributed by atoms with van der Waals surface area (Å²) < 4.78 is 0. The zero-order valence-electron chi connectivity index (χ0n) is 16.5. The quantitative estimate of drug-likeness (QED) is 0.836. The summed E-state index contributed by atoms with van der Waals surface area (Å²) in [6, 6.07) is 12.1. The summed E-state index contributed by atoms with van der Waals surface area (Å²) in [7, 11) is 4.04. The van der Waals surface area contributed by atoms with Crippen LogP contribution in [0.2, 0.25) is 0 Å². The van der Waals surface area contributed by atoms with Crippen LogP contribution in [0.15, 0.2) is 54.9 Å². The molecule has 1 amide bonds. The molecule has 1 saturated heterocycles. The van der Waals surface area contributed by atoms with Crippen LogP contribution < -0.4 is 0 Å². The predicted molar refractivity (Wildman–Crippen MR) is 110 cm³/mol. The van der Waals surface area contributed by atoms with Crippen molar-refractivity contribution in [3.8, 4) is 0 Å². The SMILES string of the molecule is CN(C)[C@@H]1c2ccccc2C2(CCN(C(=O)C=Cc3ccncc3)CC2)[C@H]1O. The first-order valence-electron chi connectivity index (χ1n) is 9.84. The lowest BCUT2D eigenvalue weighted by molar-refractivity contribution is -0.128. The van der Waals surface area contributed by atoms with E-state index < -0.39 is 6.10 Å². The smallest absolute Gasteiger partial charge is 0.246 e. The molecule has 0 bridgehead atoms. The molecule has 2 heterocycles. The number of rotatable bonds is 3. The number of likely N-dealkylation sites (tertiary alicyclic amines) is 1. The van der Waals surface area contributed by atoms with E-state index in [2.05, 4.69) is 28.1 Å². The van der Waals surface area contributed by atoms with Crippen LogP contribution in [0.1, 0.15) is 35.6 Å². The third-order valence-electron chi connectivity index (χ3n) is 6.33. The number of piperidine rings is 1. The molecular formula is C23H27N3O2. The standard InChI is InChI=1S/C23H27N3O2/c1-25(2)21-18-5-3-4-6-19(18)23(22(21)28)11-15-26(16-12-23)20(27)8-7-17-9-13-24-14-10-17/h3-10,13-14,21-22,28H,11-12,15-16H2,1-2H3/t21-,22+/m1/s1. The Balaban J connectivity index is 1.50. The van der Waals surface area contributed by atoms with Gasteiger partial charge in [-0.15, -0.1) is 0 Å². The minimum atomic E-state index is -0.454. The zero-order valence-corrected chi connectivity index (χ0v) is 16.5.